The van der Waals surface area contributed by atoms with Crippen LogP contribution < -0.4 is 0 Å². The molecule has 0 aliphatic rings. The van der Waals surface area contributed by atoms with Gasteiger partial charge in [0, 0.05) is 53.8 Å². The van der Waals surface area contributed by atoms with E-state index in [1.165, 1.54) is 54.0 Å². The van der Waals surface area contributed by atoms with Gasteiger partial charge in [-0.25, -0.2) is 9.97 Å². The maximum atomic E-state index is 6.28. The Morgan fingerprint density at radius 3 is 1.88 bits per heavy atom. The SMILES string of the molecule is c1ccc(-c2ccc(-c3ccc4sc5nc(-c6ccc7cc(-n8c9ccccc9c9cc%10ccccc%10cc98)ccc7c6)nc(-c6ccc7oc8ccccc8c7c6)c5c4c3)cc2)cc1. The fraction of sp³-hybridized carbons (Fsp3) is 0. The summed E-state index contributed by atoms with van der Waals surface area (Å²) in [6, 6.07) is 76.3. The van der Waals surface area contributed by atoms with Crippen LogP contribution in [-0.2, 0) is 0 Å². The summed E-state index contributed by atoms with van der Waals surface area (Å²) in [4.78, 5) is 11.8. The van der Waals surface area contributed by atoms with Gasteiger partial charge in [-0.2, -0.15) is 0 Å². The molecule has 0 unspecified atom stereocenters. The smallest absolute Gasteiger partial charge is 0.161 e. The van der Waals surface area contributed by atoms with Gasteiger partial charge < -0.3 is 8.98 Å². The molecule has 0 saturated heterocycles. The van der Waals surface area contributed by atoms with Crippen molar-refractivity contribution in [2.45, 2.75) is 0 Å². The lowest BCUT2D eigenvalue weighted by molar-refractivity contribution is 0.669. The molecule has 0 amide bonds. The van der Waals surface area contributed by atoms with E-state index in [4.69, 9.17) is 14.4 Å². The second-order valence-electron chi connectivity index (χ2n) is 17.0. The average Bonchev–Trinajstić information content (AvgIpc) is 4.04. The van der Waals surface area contributed by atoms with E-state index in [1.807, 2.05) is 12.1 Å². The number of hydrogen-bond acceptors (Lipinski definition) is 4. The number of para-hydroxylation sites is 2. The molecule has 0 saturated carbocycles. The number of hydrogen-bond donors (Lipinski definition) is 0. The van der Waals surface area contributed by atoms with Gasteiger partial charge in [0.1, 0.15) is 16.0 Å². The summed E-state index contributed by atoms with van der Waals surface area (Å²) in [6.07, 6.45) is 0. The van der Waals surface area contributed by atoms with Crippen LogP contribution >= 0.6 is 11.3 Å². The molecule has 0 fully saturated rings. The van der Waals surface area contributed by atoms with Gasteiger partial charge in [-0.15, -0.1) is 11.3 Å². The highest BCUT2D eigenvalue weighted by molar-refractivity contribution is 7.25. The van der Waals surface area contributed by atoms with Crippen LogP contribution in [0, 0.1) is 0 Å². The molecule has 14 aromatic rings. The second kappa shape index (κ2) is 14.1. The standard InChI is InChI=1S/C60H35N3OS/c1-2-10-36(11-3-1)37-18-20-38(21-19-37)43-26-29-56-51(33-43)57-58(44-25-28-55-50(34-44)48-15-7-9-17-54(48)64-55)61-59(62-60(57)65-56)45-23-22-42-31-46(27-24-41(42)30-45)63-52-16-8-6-14-47(52)49-32-39-12-4-5-13-40(39)35-53(49)63/h1-35H. The van der Waals surface area contributed by atoms with Crippen LogP contribution in [0.2, 0.25) is 0 Å². The Morgan fingerprint density at radius 2 is 1.00 bits per heavy atom. The van der Waals surface area contributed by atoms with E-state index in [1.54, 1.807) is 11.3 Å². The van der Waals surface area contributed by atoms with Crippen LogP contribution in [0.25, 0.3) is 136 Å². The molecule has 10 aromatic carbocycles. The topological polar surface area (TPSA) is 43.9 Å². The minimum Gasteiger partial charge on any atom is -0.456 e. The molecule has 5 heteroatoms. The number of benzene rings is 10. The Hall–Kier alpha value is -8.38. The van der Waals surface area contributed by atoms with Gasteiger partial charge in [-0.05, 0) is 117 Å². The lowest BCUT2D eigenvalue weighted by Gasteiger charge is -2.11. The molecule has 0 radical (unpaired) electrons. The van der Waals surface area contributed by atoms with Crippen LogP contribution in [0.5, 0.6) is 0 Å². The minimum absolute atomic E-state index is 0.702. The molecule has 0 atom stereocenters. The molecule has 0 spiro atoms. The maximum absolute atomic E-state index is 6.28. The van der Waals surface area contributed by atoms with Crippen molar-refractivity contribution in [3.63, 3.8) is 0 Å². The van der Waals surface area contributed by atoms with Crippen molar-refractivity contribution in [1.29, 1.82) is 0 Å². The molecule has 4 nitrogen and oxygen atoms in total. The Balaban J connectivity index is 0.920. The molecule has 4 heterocycles. The van der Waals surface area contributed by atoms with E-state index >= 15 is 0 Å². The highest BCUT2D eigenvalue weighted by atomic mass is 32.1. The van der Waals surface area contributed by atoms with Gasteiger partial charge in [0.05, 0.1) is 16.7 Å². The minimum atomic E-state index is 0.702. The van der Waals surface area contributed by atoms with E-state index in [9.17, 15) is 0 Å². The van der Waals surface area contributed by atoms with Crippen molar-refractivity contribution in [3.8, 4) is 50.6 Å². The summed E-state index contributed by atoms with van der Waals surface area (Å²) >= 11 is 1.72. The lowest BCUT2D eigenvalue weighted by atomic mass is 9.98. The lowest BCUT2D eigenvalue weighted by Crippen LogP contribution is -1.95. The fourth-order valence-corrected chi connectivity index (χ4v) is 11.1. The molecule has 302 valence electrons. The number of thiophene rings is 1. The van der Waals surface area contributed by atoms with E-state index in [0.717, 1.165) is 76.4 Å². The van der Waals surface area contributed by atoms with E-state index < -0.39 is 0 Å². The number of aromatic nitrogens is 3. The third-order valence-corrected chi connectivity index (χ3v) is 14.3. The summed E-state index contributed by atoms with van der Waals surface area (Å²) in [5, 5.41) is 11.7. The van der Waals surface area contributed by atoms with Crippen molar-refractivity contribution < 1.29 is 4.42 Å². The average molecular weight is 846 g/mol. The first-order valence-corrected chi connectivity index (χ1v) is 22.8. The zero-order valence-electron chi connectivity index (χ0n) is 34.9. The number of nitrogens with zero attached hydrogens (tertiary/aromatic N) is 3. The largest absolute Gasteiger partial charge is 0.456 e. The van der Waals surface area contributed by atoms with Gasteiger partial charge in [-0.3, -0.25) is 0 Å². The first-order valence-electron chi connectivity index (χ1n) is 22.0. The van der Waals surface area contributed by atoms with Crippen molar-refractivity contribution in [2.24, 2.45) is 0 Å². The van der Waals surface area contributed by atoms with Gasteiger partial charge in [0.2, 0.25) is 0 Å². The molecular formula is C60H35N3OS. The zero-order chi connectivity index (χ0) is 42.6. The molecular weight excluding hydrogens is 811 g/mol. The third kappa shape index (κ3) is 5.76. The predicted molar refractivity (Wildman–Crippen MR) is 273 cm³/mol. The van der Waals surface area contributed by atoms with Crippen LogP contribution in [0.1, 0.15) is 0 Å². The number of fused-ring (bicyclic) bond motifs is 11. The van der Waals surface area contributed by atoms with Gasteiger partial charge in [-0.1, -0.05) is 140 Å². The quantitative estimate of drug-likeness (QED) is 0.173. The van der Waals surface area contributed by atoms with Crippen molar-refractivity contribution >= 4 is 96.9 Å². The third-order valence-electron chi connectivity index (χ3n) is 13.2. The Morgan fingerprint density at radius 1 is 0.369 bits per heavy atom. The number of rotatable bonds is 5. The van der Waals surface area contributed by atoms with Crippen LogP contribution in [0.3, 0.4) is 0 Å². The summed E-state index contributed by atoms with van der Waals surface area (Å²) in [5.41, 5.74) is 12.9. The highest BCUT2D eigenvalue weighted by Crippen LogP contribution is 2.43. The molecule has 0 aliphatic carbocycles. The van der Waals surface area contributed by atoms with Crippen LogP contribution in [0.4, 0.5) is 0 Å². The van der Waals surface area contributed by atoms with E-state index in [0.29, 0.717) is 5.82 Å². The number of furan rings is 1. The van der Waals surface area contributed by atoms with E-state index in [-0.39, 0.29) is 0 Å². The summed E-state index contributed by atoms with van der Waals surface area (Å²) in [6.45, 7) is 0. The Bertz CT molecular complexity index is 4240. The molecule has 0 aliphatic heterocycles. The molecule has 0 N–H and O–H groups in total. The van der Waals surface area contributed by atoms with Crippen LogP contribution in [-0.4, -0.2) is 14.5 Å². The van der Waals surface area contributed by atoms with Gasteiger partial charge >= 0.3 is 0 Å². The van der Waals surface area contributed by atoms with Gasteiger partial charge in [0.25, 0.3) is 0 Å². The second-order valence-corrected chi connectivity index (χ2v) is 18.0. The molecule has 0 bridgehead atoms. The monoisotopic (exact) mass is 845 g/mol. The predicted octanol–water partition coefficient (Wildman–Crippen LogP) is 16.8. The Kier molecular flexibility index (Phi) is 7.82. The van der Waals surface area contributed by atoms with E-state index in [2.05, 4.69) is 205 Å². The first kappa shape index (κ1) is 36.1. The first-order chi connectivity index (χ1) is 32.2. The molecule has 14 rings (SSSR count). The normalized spacial score (nSPS) is 12.0. The summed E-state index contributed by atoms with van der Waals surface area (Å²) in [5.74, 6) is 0.702. The van der Waals surface area contributed by atoms with Crippen molar-refractivity contribution in [2.75, 3.05) is 0 Å². The van der Waals surface area contributed by atoms with Gasteiger partial charge in [0.15, 0.2) is 5.82 Å². The van der Waals surface area contributed by atoms with Crippen molar-refractivity contribution in [1.82, 2.24) is 14.5 Å². The van der Waals surface area contributed by atoms with Crippen LogP contribution in [0.15, 0.2) is 217 Å². The Labute approximate surface area is 376 Å². The molecule has 65 heavy (non-hydrogen) atoms. The highest BCUT2D eigenvalue weighted by Gasteiger charge is 2.20. The summed E-state index contributed by atoms with van der Waals surface area (Å²) < 4.78 is 9.86. The van der Waals surface area contributed by atoms with Crippen molar-refractivity contribution in [3.05, 3.63) is 212 Å². The maximum Gasteiger partial charge on any atom is 0.161 e. The molecule has 4 aromatic heterocycles. The zero-order valence-corrected chi connectivity index (χ0v) is 35.7. The summed E-state index contributed by atoms with van der Waals surface area (Å²) in [7, 11) is 0. The fourth-order valence-electron chi connectivity index (χ4n) is 10.00.